The number of nitrogens with zero attached hydrogens (tertiary/aromatic N) is 3. The van der Waals surface area contributed by atoms with Crippen molar-refractivity contribution in [2.24, 2.45) is 7.05 Å². The molecule has 1 aliphatic heterocycles. The summed E-state index contributed by atoms with van der Waals surface area (Å²) in [6.45, 7) is 3.34. The number of benzene rings is 1. The lowest BCUT2D eigenvalue weighted by Gasteiger charge is -2.37. The number of imidazole rings is 1. The molecule has 1 atom stereocenters. The van der Waals surface area contributed by atoms with Crippen LogP contribution in [0.5, 0.6) is 0 Å². The van der Waals surface area contributed by atoms with Gasteiger partial charge in [-0.1, -0.05) is 30.3 Å². The third-order valence-corrected chi connectivity index (χ3v) is 3.97. The molecule has 0 radical (unpaired) electrons. The first-order valence-electron chi connectivity index (χ1n) is 6.53. The topological polar surface area (TPSA) is 17.8 Å². The van der Waals surface area contributed by atoms with Gasteiger partial charge in [-0.25, -0.2) is 4.98 Å². The molecule has 0 fully saturated rings. The number of fused-ring (bicyclic) bond motifs is 1. The first-order valence-corrected chi connectivity index (χ1v) is 6.53. The highest BCUT2D eigenvalue weighted by Gasteiger charge is 2.31. The second-order valence-electron chi connectivity index (χ2n) is 5.64. The van der Waals surface area contributed by atoms with E-state index < -0.39 is 0 Å². The molecule has 3 nitrogen and oxygen atoms in total. The molecule has 1 aromatic carbocycles. The Labute approximate surface area is 131 Å². The normalized spacial score (nSPS) is 21.6. The fourth-order valence-electron chi connectivity index (χ4n) is 2.93. The van der Waals surface area contributed by atoms with Crippen LogP contribution in [-0.4, -0.2) is 27.6 Å². The van der Waals surface area contributed by atoms with Crippen molar-refractivity contribution < 1.29 is 28.5 Å². The van der Waals surface area contributed by atoms with Crippen molar-refractivity contribution in [1.82, 2.24) is 9.55 Å². The van der Waals surface area contributed by atoms with Crippen molar-refractivity contribution in [3.63, 3.8) is 0 Å². The van der Waals surface area contributed by atoms with Crippen LogP contribution >= 0.6 is 0 Å². The van der Waals surface area contributed by atoms with Gasteiger partial charge in [0, 0.05) is 19.0 Å². The van der Waals surface area contributed by atoms with Crippen molar-refractivity contribution in [2.75, 3.05) is 13.6 Å². The van der Waals surface area contributed by atoms with Gasteiger partial charge in [0.1, 0.15) is 18.8 Å². The highest BCUT2D eigenvalue weighted by atomic mass is 127. The van der Waals surface area contributed by atoms with E-state index in [9.17, 15) is 0 Å². The summed E-state index contributed by atoms with van der Waals surface area (Å²) in [5.74, 6) is 0. The predicted molar refractivity (Wildman–Crippen MR) is 71.8 cm³/mol. The van der Waals surface area contributed by atoms with Gasteiger partial charge in [0.2, 0.25) is 0 Å². The van der Waals surface area contributed by atoms with Crippen LogP contribution in [-0.2, 0) is 26.6 Å². The van der Waals surface area contributed by atoms with Gasteiger partial charge < -0.3 is 33.0 Å². The number of aryl methyl sites for hydroxylation is 1. The van der Waals surface area contributed by atoms with E-state index in [1.807, 2.05) is 6.33 Å². The zero-order chi connectivity index (χ0) is 12.6. The lowest BCUT2D eigenvalue weighted by atomic mass is 10.1. The largest absolute Gasteiger partial charge is 1.00 e. The maximum absolute atomic E-state index is 4.54. The number of hydrogen-bond acceptors (Lipinski definition) is 1. The summed E-state index contributed by atoms with van der Waals surface area (Å²) in [5.41, 5.74) is 4.11. The molecule has 2 heterocycles. The zero-order valence-corrected chi connectivity index (χ0v) is 13.7. The van der Waals surface area contributed by atoms with E-state index in [2.05, 4.69) is 54.0 Å². The molecular weight excluding hydrogens is 349 g/mol. The maximum Gasteiger partial charge on any atom is 0.124 e. The summed E-state index contributed by atoms with van der Waals surface area (Å²) in [6, 6.07) is 10.8. The quantitative estimate of drug-likeness (QED) is 0.497. The van der Waals surface area contributed by atoms with Crippen molar-refractivity contribution in [2.45, 2.75) is 19.5 Å². The zero-order valence-electron chi connectivity index (χ0n) is 11.5. The van der Waals surface area contributed by atoms with Crippen molar-refractivity contribution in [3.05, 3.63) is 53.6 Å². The minimum absolute atomic E-state index is 0. The Bertz CT molecular complexity index is 550. The van der Waals surface area contributed by atoms with E-state index in [0.29, 0.717) is 0 Å². The molecule has 0 amide bonds. The summed E-state index contributed by atoms with van der Waals surface area (Å²) in [6.07, 6.45) is 3.08. The van der Waals surface area contributed by atoms with Crippen LogP contribution in [0.2, 0.25) is 0 Å². The lowest BCUT2D eigenvalue weighted by Crippen LogP contribution is -3.00. The summed E-state index contributed by atoms with van der Waals surface area (Å²) in [4.78, 5) is 4.54. The van der Waals surface area contributed by atoms with Crippen molar-refractivity contribution in [3.8, 4) is 0 Å². The smallest absolute Gasteiger partial charge is 0.124 e. The second-order valence-corrected chi connectivity index (χ2v) is 5.64. The van der Waals surface area contributed by atoms with Crippen LogP contribution in [0.25, 0.3) is 0 Å². The first-order chi connectivity index (χ1) is 8.66. The Balaban J connectivity index is 0.00000133. The van der Waals surface area contributed by atoms with E-state index >= 15 is 0 Å². The summed E-state index contributed by atoms with van der Waals surface area (Å²) in [5, 5.41) is 0. The predicted octanol–water partition coefficient (Wildman–Crippen LogP) is -0.873. The van der Waals surface area contributed by atoms with Crippen LogP contribution in [0.3, 0.4) is 0 Å². The van der Waals surface area contributed by atoms with Crippen molar-refractivity contribution in [1.29, 1.82) is 0 Å². The van der Waals surface area contributed by atoms with Gasteiger partial charge in [0.15, 0.2) is 0 Å². The summed E-state index contributed by atoms with van der Waals surface area (Å²) < 4.78 is 3.23. The molecule has 19 heavy (non-hydrogen) atoms. The molecule has 0 N–H and O–H groups in total. The molecule has 102 valence electrons. The van der Waals surface area contributed by atoms with Crippen LogP contribution in [0, 0.1) is 0 Å². The average molecular weight is 369 g/mol. The molecule has 0 saturated carbocycles. The average Bonchev–Trinajstić information content (AvgIpc) is 2.71. The SMILES string of the molecule is Cn1cnc2c1CC[N+](C)(Cc1ccccc1)C2.[I-]. The second kappa shape index (κ2) is 5.63. The van der Waals surface area contributed by atoms with E-state index in [1.54, 1.807) is 0 Å². The lowest BCUT2D eigenvalue weighted by molar-refractivity contribution is -0.937. The number of likely N-dealkylation sites (N-methyl/N-ethyl adjacent to an activating group) is 1. The van der Waals surface area contributed by atoms with Gasteiger partial charge in [0.25, 0.3) is 0 Å². The van der Waals surface area contributed by atoms with Gasteiger partial charge in [-0.15, -0.1) is 0 Å². The Morgan fingerprint density at radius 1 is 1.26 bits per heavy atom. The fraction of sp³-hybridized carbons (Fsp3) is 0.400. The Morgan fingerprint density at radius 2 is 2.00 bits per heavy atom. The van der Waals surface area contributed by atoms with Crippen LogP contribution in [0.4, 0.5) is 0 Å². The standard InChI is InChI=1S/C15H20N3.HI/c1-17-12-16-14-11-18(2,9-8-15(14)17)10-13-6-4-3-5-7-13;/h3-7,12H,8-11H2,1-2H3;1H/q+1;/p-1. The van der Waals surface area contributed by atoms with Crippen LogP contribution < -0.4 is 24.0 Å². The van der Waals surface area contributed by atoms with E-state index in [4.69, 9.17) is 0 Å². The van der Waals surface area contributed by atoms with Gasteiger partial charge in [-0.2, -0.15) is 0 Å². The number of aromatic nitrogens is 2. The first kappa shape index (κ1) is 14.5. The van der Waals surface area contributed by atoms with Crippen LogP contribution in [0.1, 0.15) is 17.0 Å². The molecule has 1 aliphatic rings. The Kier molecular flexibility index (Phi) is 4.30. The minimum atomic E-state index is 0. The summed E-state index contributed by atoms with van der Waals surface area (Å²) >= 11 is 0. The highest BCUT2D eigenvalue weighted by molar-refractivity contribution is 5.16. The van der Waals surface area contributed by atoms with E-state index in [1.165, 1.54) is 23.5 Å². The molecule has 1 unspecified atom stereocenters. The molecule has 0 spiro atoms. The van der Waals surface area contributed by atoms with Gasteiger partial charge in [-0.05, 0) is 0 Å². The summed E-state index contributed by atoms with van der Waals surface area (Å²) in [7, 11) is 4.43. The Morgan fingerprint density at radius 3 is 2.74 bits per heavy atom. The van der Waals surface area contributed by atoms with Gasteiger partial charge in [-0.3, -0.25) is 0 Å². The van der Waals surface area contributed by atoms with Gasteiger partial charge >= 0.3 is 0 Å². The molecule has 0 aliphatic carbocycles. The van der Waals surface area contributed by atoms with Crippen LogP contribution in [0.15, 0.2) is 36.7 Å². The monoisotopic (exact) mass is 369 g/mol. The number of hydrogen-bond donors (Lipinski definition) is 0. The highest BCUT2D eigenvalue weighted by Crippen LogP contribution is 2.24. The van der Waals surface area contributed by atoms with E-state index in [-0.39, 0.29) is 24.0 Å². The number of rotatable bonds is 2. The number of quaternary nitrogens is 1. The molecule has 3 rings (SSSR count). The molecule has 1 aromatic heterocycles. The molecule has 0 saturated heterocycles. The van der Waals surface area contributed by atoms with Gasteiger partial charge in [0.05, 0.1) is 25.6 Å². The molecule has 2 aromatic rings. The molecular formula is C15H20IN3. The fourth-order valence-corrected chi connectivity index (χ4v) is 2.93. The third-order valence-electron chi connectivity index (χ3n) is 3.97. The molecule has 0 bridgehead atoms. The van der Waals surface area contributed by atoms with Crippen molar-refractivity contribution >= 4 is 0 Å². The third kappa shape index (κ3) is 3.00. The maximum atomic E-state index is 4.54. The minimum Gasteiger partial charge on any atom is -1.00 e. The Hall–Kier alpha value is -0.880. The molecule has 4 heteroatoms. The van der Waals surface area contributed by atoms with E-state index in [0.717, 1.165) is 24.0 Å². The number of halogens is 1.